The lowest BCUT2D eigenvalue weighted by molar-refractivity contribution is -0.115. The van der Waals surface area contributed by atoms with Crippen molar-refractivity contribution in [1.82, 2.24) is 15.2 Å². The number of halogens is 1. The molecule has 0 bridgehead atoms. The van der Waals surface area contributed by atoms with E-state index in [1.165, 1.54) is 23.1 Å². The number of rotatable bonds is 5. The third kappa shape index (κ3) is 4.30. The Labute approximate surface area is 172 Å². The molecule has 0 radical (unpaired) electrons. The summed E-state index contributed by atoms with van der Waals surface area (Å²) in [6.45, 7) is 1.85. The van der Waals surface area contributed by atoms with Gasteiger partial charge in [0.15, 0.2) is 4.34 Å². The molecule has 0 saturated carbocycles. The maximum absolute atomic E-state index is 12.5. The summed E-state index contributed by atoms with van der Waals surface area (Å²) in [5.41, 5.74) is 1.86. The first kappa shape index (κ1) is 18.4. The average Bonchev–Trinajstić information content (AvgIpc) is 3.28. The van der Waals surface area contributed by atoms with Gasteiger partial charge in [0.05, 0.1) is 15.5 Å². The lowest BCUT2D eigenvalue weighted by Crippen LogP contribution is -2.22. The highest BCUT2D eigenvalue weighted by Crippen LogP contribution is 2.33. The molecular formula is C18H13ClN4OS3. The van der Waals surface area contributed by atoms with Gasteiger partial charge in [-0.25, -0.2) is 4.98 Å². The maximum atomic E-state index is 12.5. The van der Waals surface area contributed by atoms with Crippen LogP contribution in [0.1, 0.15) is 6.92 Å². The van der Waals surface area contributed by atoms with E-state index in [1.54, 1.807) is 23.5 Å². The zero-order valence-corrected chi connectivity index (χ0v) is 17.3. The van der Waals surface area contributed by atoms with Crippen LogP contribution in [0.25, 0.3) is 20.8 Å². The van der Waals surface area contributed by atoms with Gasteiger partial charge in [0.25, 0.3) is 0 Å². The van der Waals surface area contributed by atoms with E-state index < -0.39 is 0 Å². The van der Waals surface area contributed by atoms with Gasteiger partial charge in [-0.15, -0.1) is 21.5 Å². The molecule has 2 aromatic carbocycles. The lowest BCUT2D eigenvalue weighted by atomic mass is 10.2. The Balaban J connectivity index is 1.41. The first-order chi connectivity index (χ1) is 13.1. The molecule has 0 aliphatic rings. The molecule has 0 spiro atoms. The van der Waals surface area contributed by atoms with E-state index in [1.807, 2.05) is 43.3 Å². The third-order valence-electron chi connectivity index (χ3n) is 3.67. The van der Waals surface area contributed by atoms with Gasteiger partial charge in [-0.2, -0.15) is 0 Å². The van der Waals surface area contributed by atoms with Gasteiger partial charge in [0.1, 0.15) is 5.01 Å². The van der Waals surface area contributed by atoms with E-state index in [0.29, 0.717) is 10.2 Å². The number of carbonyl (C=O) groups excluding carboxylic acids is 1. The summed E-state index contributed by atoms with van der Waals surface area (Å²) in [4.78, 5) is 17.0. The highest BCUT2D eigenvalue weighted by molar-refractivity contribution is 8.02. The molecule has 1 unspecified atom stereocenters. The minimum atomic E-state index is -0.298. The van der Waals surface area contributed by atoms with Crippen molar-refractivity contribution in [1.29, 1.82) is 0 Å². The molecular weight excluding hydrogens is 420 g/mol. The Kier molecular flexibility index (Phi) is 5.40. The van der Waals surface area contributed by atoms with Crippen molar-refractivity contribution in [2.75, 3.05) is 5.32 Å². The number of carbonyl (C=O) groups is 1. The van der Waals surface area contributed by atoms with Crippen LogP contribution in [-0.2, 0) is 4.79 Å². The number of hydrogen-bond donors (Lipinski definition) is 1. The van der Waals surface area contributed by atoms with E-state index in [0.717, 1.165) is 25.1 Å². The van der Waals surface area contributed by atoms with Gasteiger partial charge >= 0.3 is 0 Å². The molecule has 4 aromatic rings. The normalized spacial score (nSPS) is 12.2. The monoisotopic (exact) mass is 432 g/mol. The summed E-state index contributed by atoms with van der Waals surface area (Å²) in [6, 6.07) is 15.3. The maximum Gasteiger partial charge on any atom is 0.239 e. The minimum Gasteiger partial charge on any atom is -0.300 e. The number of thioether (sulfide) groups is 1. The highest BCUT2D eigenvalue weighted by Gasteiger charge is 2.19. The van der Waals surface area contributed by atoms with E-state index in [9.17, 15) is 4.79 Å². The van der Waals surface area contributed by atoms with E-state index in [2.05, 4.69) is 20.5 Å². The first-order valence-corrected chi connectivity index (χ1v) is 10.9. The largest absolute Gasteiger partial charge is 0.300 e. The SMILES string of the molecule is CC(Sc1nc2ccccc2s1)C(=O)Nc1nnc(-c2ccc(Cl)cc2)s1. The van der Waals surface area contributed by atoms with Gasteiger partial charge in [-0.05, 0) is 31.2 Å². The zero-order valence-electron chi connectivity index (χ0n) is 14.0. The summed E-state index contributed by atoms with van der Waals surface area (Å²) < 4.78 is 1.99. The van der Waals surface area contributed by atoms with Crippen LogP contribution in [0.2, 0.25) is 5.02 Å². The summed E-state index contributed by atoms with van der Waals surface area (Å²) in [6.07, 6.45) is 0. The van der Waals surface area contributed by atoms with Gasteiger partial charge in [-0.3, -0.25) is 10.1 Å². The number of hydrogen-bond acceptors (Lipinski definition) is 7. The molecule has 136 valence electrons. The van der Waals surface area contributed by atoms with Crippen molar-refractivity contribution in [2.24, 2.45) is 0 Å². The van der Waals surface area contributed by atoms with Crippen LogP contribution in [-0.4, -0.2) is 26.3 Å². The van der Waals surface area contributed by atoms with E-state index >= 15 is 0 Å². The Morgan fingerprint density at radius 2 is 1.89 bits per heavy atom. The molecule has 2 heterocycles. The molecule has 0 fully saturated rings. The smallest absolute Gasteiger partial charge is 0.239 e. The number of amides is 1. The van der Waals surface area contributed by atoms with Crippen molar-refractivity contribution in [3.8, 4) is 10.6 Å². The highest BCUT2D eigenvalue weighted by atomic mass is 35.5. The van der Waals surface area contributed by atoms with E-state index in [-0.39, 0.29) is 11.2 Å². The fourth-order valence-electron chi connectivity index (χ4n) is 2.30. The number of nitrogens with one attached hydrogen (secondary N) is 1. The Morgan fingerprint density at radius 3 is 2.67 bits per heavy atom. The lowest BCUT2D eigenvalue weighted by Gasteiger charge is -2.07. The van der Waals surface area contributed by atoms with Gasteiger partial charge in [-0.1, -0.05) is 59.0 Å². The Bertz CT molecular complexity index is 1060. The molecule has 5 nitrogen and oxygen atoms in total. The zero-order chi connectivity index (χ0) is 18.8. The molecule has 27 heavy (non-hydrogen) atoms. The summed E-state index contributed by atoms with van der Waals surface area (Å²) >= 11 is 10.3. The quantitative estimate of drug-likeness (QED) is 0.416. The summed E-state index contributed by atoms with van der Waals surface area (Å²) in [5.74, 6) is -0.127. The Hall–Kier alpha value is -2.00. The van der Waals surface area contributed by atoms with E-state index in [4.69, 9.17) is 11.6 Å². The topological polar surface area (TPSA) is 67.8 Å². The fourth-order valence-corrected chi connectivity index (χ4v) is 5.39. The van der Waals surface area contributed by atoms with Crippen molar-refractivity contribution < 1.29 is 4.79 Å². The molecule has 4 rings (SSSR count). The van der Waals surface area contributed by atoms with Crippen LogP contribution in [0.5, 0.6) is 0 Å². The molecule has 0 aliphatic heterocycles. The number of fused-ring (bicyclic) bond motifs is 1. The fraction of sp³-hybridized carbons (Fsp3) is 0.111. The predicted molar refractivity (Wildman–Crippen MR) is 114 cm³/mol. The predicted octanol–water partition coefficient (Wildman–Crippen LogP) is 5.59. The molecule has 1 atom stereocenters. The van der Waals surface area contributed by atoms with Gasteiger partial charge in [0.2, 0.25) is 11.0 Å². The second kappa shape index (κ2) is 7.93. The summed E-state index contributed by atoms with van der Waals surface area (Å²) in [7, 11) is 0. The average molecular weight is 433 g/mol. The van der Waals surface area contributed by atoms with Crippen LogP contribution < -0.4 is 5.32 Å². The number of aromatic nitrogens is 3. The van der Waals surface area contributed by atoms with Gasteiger partial charge in [0, 0.05) is 10.6 Å². The molecule has 2 aromatic heterocycles. The van der Waals surface area contributed by atoms with Crippen molar-refractivity contribution in [3.63, 3.8) is 0 Å². The van der Waals surface area contributed by atoms with Crippen molar-refractivity contribution >= 4 is 67.3 Å². The summed E-state index contributed by atoms with van der Waals surface area (Å²) in [5, 5.41) is 12.6. The molecule has 0 saturated heterocycles. The van der Waals surface area contributed by atoms with Crippen LogP contribution in [0.4, 0.5) is 5.13 Å². The number of para-hydroxylation sites is 1. The van der Waals surface area contributed by atoms with Crippen molar-refractivity contribution in [2.45, 2.75) is 16.5 Å². The number of benzene rings is 2. The molecule has 9 heteroatoms. The van der Waals surface area contributed by atoms with Crippen LogP contribution in [0, 0.1) is 0 Å². The first-order valence-electron chi connectivity index (χ1n) is 8.01. The van der Waals surface area contributed by atoms with Crippen LogP contribution in [0.3, 0.4) is 0 Å². The number of thiazole rings is 1. The molecule has 0 aliphatic carbocycles. The molecule has 1 amide bonds. The number of anilines is 1. The second-order valence-electron chi connectivity index (χ2n) is 5.62. The van der Waals surface area contributed by atoms with Crippen LogP contribution >= 0.6 is 46.0 Å². The van der Waals surface area contributed by atoms with Crippen molar-refractivity contribution in [3.05, 3.63) is 53.6 Å². The van der Waals surface area contributed by atoms with Crippen LogP contribution in [0.15, 0.2) is 52.9 Å². The Morgan fingerprint density at radius 1 is 1.11 bits per heavy atom. The van der Waals surface area contributed by atoms with Gasteiger partial charge < -0.3 is 0 Å². The third-order valence-corrected chi connectivity index (χ3v) is 7.04. The minimum absolute atomic E-state index is 0.127. The second-order valence-corrected chi connectivity index (χ2v) is 9.65. The number of nitrogens with zero attached hydrogens (tertiary/aromatic N) is 3. The standard InChI is InChI=1S/C18H13ClN4OS3/c1-10(25-18-20-13-4-2-3-5-14(13)26-18)15(24)21-17-23-22-16(27-17)11-6-8-12(19)9-7-11/h2-10H,1H3,(H,21,23,24). The molecule has 1 N–H and O–H groups in total.